The standard InChI is InChI=1S/C24H32FN3O5/c1-17(2)15-21(29)26-9-7-24(8-10-26)28(22(30)18-3-5-19(25)6-4-18)20(16-33-24)23(31)27-11-13-32-14-12-27/h3-6,17,20H,7-16H2,1-2H3. The van der Waals surface area contributed by atoms with Crippen LogP contribution in [0.3, 0.4) is 0 Å². The molecule has 3 saturated heterocycles. The predicted octanol–water partition coefficient (Wildman–Crippen LogP) is 1.89. The van der Waals surface area contributed by atoms with E-state index in [1.165, 1.54) is 24.3 Å². The molecular weight excluding hydrogens is 429 g/mol. The third kappa shape index (κ3) is 4.89. The summed E-state index contributed by atoms with van der Waals surface area (Å²) in [6, 6.07) is 4.58. The topological polar surface area (TPSA) is 79.4 Å². The number of nitrogens with zero attached hydrogens (tertiary/aromatic N) is 3. The normalized spacial score (nSPS) is 22.8. The van der Waals surface area contributed by atoms with Crippen molar-refractivity contribution in [3.05, 3.63) is 35.6 Å². The van der Waals surface area contributed by atoms with Crippen LogP contribution in [0.25, 0.3) is 0 Å². The molecule has 180 valence electrons. The lowest BCUT2D eigenvalue weighted by atomic mass is 9.95. The van der Waals surface area contributed by atoms with E-state index in [0.29, 0.717) is 64.2 Å². The van der Waals surface area contributed by atoms with E-state index in [-0.39, 0.29) is 30.2 Å². The minimum Gasteiger partial charge on any atom is -0.378 e. The smallest absolute Gasteiger partial charge is 0.256 e. The van der Waals surface area contributed by atoms with Crippen LogP contribution >= 0.6 is 0 Å². The van der Waals surface area contributed by atoms with E-state index >= 15 is 0 Å². The Morgan fingerprint density at radius 2 is 1.67 bits per heavy atom. The van der Waals surface area contributed by atoms with E-state index in [4.69, 9.17) is 9.47 Å². The number of benzene rings is 1. The van der Waals surface area contributed by atoms with Gasteiger partial charge in [-0.05, 0) is 30.2 Å². The largest absolute Gasteiger partial charge is 0.378 e. The Labute approximate surface area is 193 Å². The van der Waals surface area contributed by atoms with Crippen LogP contribution in [0.2, 0.25) is 0 Å². The van der Waals surface area contributed by atoms with Crippen molar-refractivity contribution in [1.82, 2.24) is 14.7 Å². The van der Waals surface area contributed by atoms with E-state index in [1.807, 2.05) is 18.7 Å². The molecule has 3 aliphatic rings. The van der Waals surface area contributed by atoms with Gasteiger partial charge in [0.2, 0.25) is 11.8 Å². The van der Waals surface area contributed by atoms with Gasteiger partial charge in [0.25, 0.3) is 5.91 Å². The van der Waals surface area contributed by atoms with Crippen LogP contribution in [0, 0.1) is 11.7 Å². The summed E-state index contributed by atoms with van der Waals surface area (Å²) in [6.07, 6.45) is 1.33. The Morgan fingerprint density at radius 1 is 1.03 bits per heavy atom. The fraction of sp³-hybridized carbons (Fsp3) is 0.625. The van der Waals surface area contributed by atoms with Crippen LogP contribution in [0.4, 0.5) is 4.39 Å². The number of piperidine rings is 1. The molecule has 0 saturated carbocycles. The van der Waals surface area contributed by atoms with E-state index in [0.717, 1.165) is 0 Å². The molecule has 3 heterocycles. The fourth-order valence-corrected chi connectivity index (χ4v) is 4.87. The van der Waals surface area contributed by atoms with Crippen molar-refractivity contribution in [3.8, 4) is 0 Å². The zero-order valence-electron chi connectivity index (χ0n) is 19.3. The van der Waals surface area contributed by atoms with Gasteiger partial charge in [0.15, 0.2) is 0 Å². The number of hydrogen-bond donors (Lipinski definition) is 0. The molecule has 3 fully saturated rings. The average Bonchev–Trinajstić information content (AvgIpc) is 3.17. The molecule has 3 amide bonds. The fourth-order valence-electron chi connectivity index (χ4n) is 4.87. The molecular formula is C24H32FN3O5. The van der Waals surface area contributed by atoms with Gasteiger partial charge in [-0.25, -0.2) is 4.39 Å². The molecule has 0 aromatic heterocycles. The van der Waals surface area contributed by atoms with Gasteiger partial charge in [-0.1, -0.05) is 13.8 Å². The zero-order chi connectivity index (χ0) is 23.6. The van der Waals surface area contributed by atoms with Gasteiger partial charge in [0.05, 0.1) is 19.8 Å². The number of carbonyl (C=O) groups is 3. The lowest BCUT2D eigenvalue weighted by Crippen LogP contribution is -2.60. The molecule has 0 N–H and O–H groups in total. The highest BCUT2D eigenvalue weighted by atomic mass is 19.1. The van der Waals surface area contributed by atoms with Crippen molar-refractivity contribution in [3.63, 3.8) is 0 Å². The van der Waals surface area contributed by atoms with Crippen LogP contribution in [-0.2, 0) is 19.1 Å². The summed E-state index contributed by atoms with van der Waals surface area (Å²) < 4.78 is 25.0. The van der Waals surface area contributed by atoms with E-state index in [2.05, 4.69) is 0 Å². The Kier molecular flexibility index (Phi) is 6.99. The molecule has 1 unspecified atom stereocenters. The van der Waals surface area contributed by atoms with Crippen LogP contribution in [0.5, 0.6) is 0 Å². The third-order valence-electron chi connectivity index (χ3n) is 6.66. The Balaban J connectivity index is 1.58. The minimum atomic E-state index is -0.966. The van der Waals surface area contributed by atoms with E-state index in [9.17, 15) is 18.8 Å². The maximum Gasteiger partial charge on any atom is 0.256 e. The number of rotatable bonds is 4. The van der Waals surface area contributed by atoms with E-state index in [1.54, 1.807) is 9.80 Å². The van der Waals surface area contributed by atoms with Crippen LogP contribution in [0.1, 0.15) is 43.5 Å². The second kappa shape index (κ2) is 9.77. The van der Waals surface area contributed by atoms with Crippen molar-refractivity contribution >= 4 is 17.7 Å². The lowest BCUT2D eigenvalue weighted by molar-refractivity contribution is -0.147. The molecule has 1 aromatic carbocycles. The van der Waals surface area contributed by atoms with Crippen LogP contribution in [0.15, 0.2) is 24.3 Å². The van der Waals surface area contributed by atoms with Crippen molar-refractivity contribution in [2.45, 2.75) is 44.9 Å². The van der Waals surface area contributed by atoms with Gasteiger partial charge in [-0.3, -0.25) is 19.3 Å². The van der Waals surface area contributed by atoms with Crippen molar-refractivity contribution in [1.29, 1.82) is 0 Å². The molecule has 0 bridgehead atoms. The quantitative estimate of drug-likeness (QED) is 0.684. The van der Waals surface area contributed by atoms with Gasteiger partial charge >= 0.3 is 0 Å². The highest BCUT2D eigenvalue weighted by Crippen LogP contribution is 2.39. The monoisotopic (exact) mass is 461 g/mol. The molecule has 1 atom stereocenters. The minimum absolute atomic E-state index is 0.0928. The third-order valence-corrected chi connectivity index (χ3v) is 6.66. The maximum absolute atomic E-state index is 13.6. The SMILES string of the molecule is CC(C)CC(=O)N1CCC2(CC1)OCC(C(=O)N1CCOCC1)N2C(=O)c1ccc(F)cc1. The van der Waals surface area contributed by atoms with Crippen LogP contribution in [-0.4, -0.2) is 90.2 Å². The first-order valence-electron chi connectivity index (χ1n) is 11.7. The van der Waals surface area contributed by atoms with Gasteiger partial charge in [0.1, 0.15) is 17.6 Å². The molecule has 9 heteroatoms. The summed E-state index contributed by atoms with van der Waals surface area (Å²) in [5.41, 5.74) is -0.661. The van der Waals surface area contributed by atoms with Gasteiger partial charge in [0, 0.05) is 51.0 Å². The molecule has 3 aliphatic heterocycles. The first-order chi connectivity index (χ1) is 15.8. The van der Waals surface area contributed by atoms with Crippen LogP contribution < -0.4 is 0 Å². The Morgan fingerprint density at radius 3 is 2.27 bits per heavy atom. The Bertz CT molecular complexity index is 877. The lowest BCUT2D eigenvalue weighted by Gasteiger charge is -2.45. The number of amides is 3. The summed E-state index contributed by atoms with van der Waals surface area (Å²) in [4.78, 5) is 44.7. The second-order valence-corrected chi connectivity index (χ2v) is 9.37. The highest BCUT2D eigenvalue weighted by molar-refractivity contribution is 5.98. The summed E-state index contributed by atoms with van der Waals surface area (Å²) >= 11 is 0. The molecule has 1 aromatic rings. The van der Waals surface area contributed by atoms with E-state index < -0.39 is 17.6 Å². The van der Waals surface area contributed by atoms with Gasteiger partial charge in [-0.2, -0.15) is 0 Å². The number of carbonyl (C=O) groups excluding carboxylic acids is 3. The number of halogens is 1. The van der Waals surface area contributed by atoms with Gasteiger partial charge < -0.3 is 19.3 Å². The maximum atomic E-state index is 13.6. The summed E-state index contributed by atoms with van der Waals surface area (Å²) in [5.74, 6) is -0.597. The van der Waals surface area contributed by atoms with Gasteiger partial charge in [-0.15, -0.1) is 0 Å². The summed E-state index contributed by atoms with van der Waals surface area (Å²) in [7, 11) is 0. The van der Waals surface area contributed by atoms with Crippen molar-refractivity contribution in [2.24, 2.45) is 5.92 Å². The molecule has 4 rings (SSSR count). The first kappa shape index (κ1) is 23.6. The van der Waals surface area contributed by atoms with Crippen molar-refractivity contribution in [2.75, 3.05) is 46.0 Å². The molecule has 8 nitrogen and oxygen atoms in total. The summed E-state index contributed by atoms with van der Waals surface area (Å²) in [5, 5.41) is 0. The van der Waals surface area contributed by atoms with Crippen molar-refractivity contribution < 1.29 is 28.2 Å². The predicted molar refractivity (Wildman–Crippen MR) is 118 cm³/mol. The second-order valence-electron chi connectivity index (χ2n) is 9.37. The number of ether oxygens (including phenoxy) is 2. The average molecular weight is 462 g/mol. The first-order valence-corrected chi connectivity index (χ1v) is 11.7. The zero-order valence-corrected chi connectivity index (χ0v) is 19.3. The molecule has 33 heavy (non-hydrogen) atoms. The number of morpholine rings is 1. The molecule has 1 spiro atoms. The number of likely N-dealkylation sites (tertiary alicyclic amines) is 1. The number of hydrogen-bond acceptors (Lipinski definition) is 5. The highest BCUT2D eigenvalue weighted by Gasteiger charge is 2.54. The summed E-state index contributed by atoms with van der Waals surface area (Å²) in [6.45, 7) is 6.89. The Hall–Kier alpha value is -2.52. The molecule has 0 aliphatic carbocycles. The molecule has 0 radical (unpaired) electrons.